The largest absolute Gasteiger partial charge is 0.394 e. The van der Waals surface area contributed by atoms with E-state index in [1.54, 1.807) is 0 Å². The molecule has 4 heteroatoms. The molecule has 0 spiro atoms. The average Bonchev–Trinajstić information content (AvgIpc) is 2.45. The van der Waals surface area contributed by atoms with Crippen LogP contribution in [0.1, 0.15) is 53.9 Å². The van der Waals surface area contributed by atoms with E-state index in [2.05, 4.69) is 56.8 Å². The summed E-state index contributed by atoms with van der Waals surface area (Å²) >= 11 is 0. The van der Waals surface area contributed by atoms with Crippen LogP contribution in [0.4, 0.5) is 0 Å². The minimum Gasteiger partial charge on any atom is -0.394 e. The van der Waals surface area contributed by atoms with E-state index < -0.39 is 0 Å². The van der Waals surface area contributed by atoms with Crippen molar-refractivity contribution in [2.45, 2.75) is 77.5 Å². The number of nitrogens with one attached hydrogen (secondary N) is 1. The first-order valence-corrected chi connectivity index (χ1v) is 8.64. The Balaban J connectivity index is 2.51. The Morgan fingerprint density at radius 1 is 1.29 bits per heavy atom. The molecule has 0 aromatic rings. The molecule has 2 atom stereocenters. The number of nitrogens with zero attached hydrogens (tertiary/aromatic N) is 2. The monoisotopic (exact) mass is 299 g/mol. The summed E-state index contributed by atoms with van der Waals surface area (Å²) in [5, 5.41) is 13.3. The van der Waals surface area contributed by atoms with Crippen LogP contribution in [0.3, 0.4) is 0 Å². The van der Waals surface area contributed by atoms with Gasteiger partial charge in [0.1, 0.15) is 0 Å². The Kier molecular flexibility index (Phi) is 7.62. The molecule has 2 N–H and O–H groups in total. The van der Waals surface area contributed by atoms with Crippen LogP contribution in [0.2, 0.25) is 0 Å². The van der Waals surface area contributed by atoms with E-state index in [4.69, 9.17) is 0 Å². The van der Waals surface area contributed by atoms with Gasteiger partial charge in [-0.25, -0.2) is 0 Å². The highest BCUT2D eigenvalue weighted by Crippen LogP contribution is 2.22. The van der Waals surface area contributed by atoms with Crippen molar-refractivity contribution in [3.8, 4) is 0 Å². The lowest BCUT2D eigenvalue weighted by molar-refractivity contribution is 0.0716. The van der Waals surface area contributed by atoms with Crippen LogP contribution in [0, 0.1) is 0 Å². The second-order valence-electron chi connectivity index (χ2n) is 7.40. The number of piperidine rings is 1. The number of rotatable bonds is 8. The standard InChI is InChI=1S/C17H37N3O/c1-7-20-10-8-16(9-11-20)19(6)15(4)12-17(5,13-21)18-14(2)3/h14-16,18,21H,7-13H2,1-6H3. The van der Waals surface area contributed by atoms with Crippen molar-refractivity contribution in [3.63, 3.8) is 0 Å². The van der Waals surface area contributed by atoms with Crippen LogP contribution in [0.15, 0.2) is 0 Å². The molecule has 21 heavy (non-hydrogen) atoms. The van der Waals surface area contributed by atoms with Gasteiger partial charge < -0.3 is 20.2 Å². The zero-order valence-electron chi connectivity index (χ0n) is 15.0. The van der Waals surface area contributed by atoms with E-state index in [0.717, 1.165) is 6.42 Å². The Morgan fingerprint density at radius 2 is 1.86 bits per heavy atom. The van der Waals surface area contributed by atoms with Crippen LogP contribution in [-0.4, -0.2) is 71.9 Å². The second-order valence-corrected chi connectivity index (χ2v) is 7.40. The average molecular weight is 300 g/mol. The van der Waals surface area contributed by atoms with Gasteiger partial charge >= 0.3 is 0 Å². The molecular formula is C17H37N3O. The number of aliphatic hydroxyl groups is 1. The van der Waals surface area contributed by atoms with Crippen molar-refractivity contribution in [1.29, 1.82) is 0 Å². The number of aliphatic hydroxyl groups excluding tert-OH is 1. The highest BCUT2D eigenvalue weighted by atomic mass is 16.3. The van der Waals surface area contributed by atoms with Crippen LogP contribution in [-0.2, 0) is 0 Å². The van der Waals surface area contributed by atoms with Crippen molar-refractivity contribution in [1.82, 2.24) is 15.1 Å². The fourth-order valence-corrected chi connectivity index (χ4v) is 3.66. The quantitative estimate of drug-likeness (QED) is 0.718. The summed E-state index contributed by atoms with van der Waals surface area (Å²) in [7, 11) is 2.25. The second kappa shape index (κ2) is 8.47. The van der Waals surface area contributed by atoms with E-state index in [0.29, 0.717) is 18.1 Å². The lowest BCUT2D eigenvalue weighted by atomic mass is 9.91. The fraction of sp³-hybridized carbons (Fsp3) is 1.00. The van der Waals surface area contributed by atoms with Gasteiger partial charge in [0.2, 0.25) is 0 Å². The third-order valence-corrected chi connectivity index (χ3v) is 5.01. The van der Waals surface area contributed by atoms with Gasteiger partial charge in [0.05, 0.1) is 6.61 Å². The number of hydrogen-bond acceptors (Lipinski definition) is 4. The lowest BCUT2D eigenvalue weighted by Crippen LogP contribution is -2.54. The highest BCUT2D eigenvalue weighted by molar-refractivity contribution is 4.90. The maximum atomic E-state index is 9.75. The molecule has 126 valence electrons. The molecule has 1 aliphatic heterocycles. The molecule has 1 aliphatic rings. The zero-order valence-corrected chi connectivity index (χ0v) is 15.0. The van der Waals surface area contributed by atoms with Crippen LogP contribution in [0.25, 0.3) is 0 Å². The minimum absolute atomic E-state index is 0.189. The summed E-state index contributed by atoms with van der Waals surface area (Å²) in [5.41, 5.74) is -0.189. The van der Waals surface area contributed by atoms with Gasteiger partial charge in [-0.05, 0) is 59.8 Å². The molecule has 0 aromatic carbocycles. The summed E-state index contributed by atoms with van der Waals surface area (Å²) < 4.78 is 0. The summed E-state index contributed by atoms with van der Waals surface area (Å²) in [5.74, 6) is 0. The first-order chi connectivity index (χ1) is 9.81. The first-order valence-electron chi connectivity index (χ1n) is 8.64. The van der Waals surface area contributed by atoms with E-state index in [-0.39, 0.29) is 12.1 Å². The summed E-state index contributed by atoms with van der Waals surface area (Å²) in [6.45, 7) is 14.8. The molecule has 0 amide bonds. The molecule has 1 saturated heterocycles. The molecule has 0 radical (unpaired) electrons. The smallest absolute Gasteiger partial charge is 0.0611 e. The molecule has 0 aromatic heterocycles. The van der Waals surface area contributed by atoms with Gasteiger partial charge in [0, 0.05) is 23.7 Å². The maximum absolute atomic E-state index is 9.75. The molecule has 0 bridgehead atoms. The molecule has 1 rings (SSSR count). The van der Waals surface area contributed by atoms with E-state index in [1.807, 2.05) is 0 Å². The summed E-state index contributed by atoms with van der Waals surface area (Å²) in [6.07, 6.45) is 3.51. The lowest BCUT2D eigenvalue weighted by Gasteiger charge is -2.42. The normalized spacial score (nSPS) is 22.7. The molecule has 4 nitrogen and oxygen atoms in total. The SMILES string of the molecule is CCN1CCC(N(C)C(C)CC(C)(CO)NC(C)C)CC1. The van der Waals surface area contributed by atoms with Crippen molar-refractivity contribution in [2.24, 2.45) is 0 Å². The van der Waals surface area contributed by atoms with Gasteiger partial charge in [0.25, 0.3) is 0 Å². The van der Waals surface area contributed by atoms with Gasteiger partial charge in [0.15, 0.2) is 0 Å². The molecule has 1 heterocycles. The first kappa shape index (κ1) is 18.9. The Bertz CT molecular complexity index is 290. The van der Waals surface area contributed by atoms with E-state index >= 15 is 0 Å². The van der Waals surface area contributed by atoms with Crippen LogP contribution in [0.5, 0.6) is 0 Å². The predicted molar refractivity (Wildman–Crippen MR) is 90.7 cm³/mol. The molecule has 0 aliphatic carbocycles. The maximum Gasteiger partial charge on any atom is 0.0611 e. The van der Waals surface area contributed by atoms with Gasteiger partial charge in [-0.3, -0.25) is 0 Å². The summed E-state index contributed by atoms with van der Waals surface area (Å²) in [6, 6.07) is 1.56. The van der Waals surface area contributed by atoms with E-state index in [1.165, 1.54) is 32.5 Å². The zero-order chi connectivity index (χ0) is 16.0. The van der Waals surface area contributed by atoms with Crippen molar-refractivity contribution < 1.29 is 5.11 Å². The molecule has 2 unspecified atom stereocenters. The van der Waals surface area contributed by atoms with Crippen LogP contribution >= 0.6 is 0 Å². The van der Waals surface area contributed by atoms with Crippen molar-refractivity contribution in [3.05, 3.63) is 0 Å². The Hall–Kier alpha value is -0.160. The Labute approximate surface area is 131 Å². The van der Waals surface area contributed by atoms with Crippen molar-refractivity contribution in [2.75, 3.05) is 33.3 Å². The highest BCUT2D eigenvalue weighted by Gasteiger charge is 2.31. The Morgan fingerprint density at radius 3 is 2.29 bits per heavy atom. The topological polar surface area (TPSA) is 38.7 Å². The third kappa shape index (κ3) is 5.85. The molecular weight excluding hydrogens is 262 g/mol. The fourth-order valence-electron chi connectivity index (χ4n) is 3.66. The predicted octanol–water partition coefficient (Wildman–Crippen LogP) is 1.93. The molecule has 0 saturated carbocycles. The van der Waals surface area contributed by atoms with Crippen molar-refractivity contribution >= 4 is 0 Å². The molecule has 1 fully saturated rings. The van der Waals surface area contributed by atoms with E-state index in [9.17, 15) is 5.11 Å². The summed E-state index contributed by atoms with van der Waals surface area (Å²) in [4.78, 5) is 5.07. The van der Waals surface area contributed by atoms with Crippen LogP contribution < -0.4 is 5.32 Å². The van der Waals surface area contributed by atoms with Gasteiger partial charge in [-0.1, -0.05) is 20.8 Å². The van der Waals surface area contributed by atoms with Gasteiger partial charge in [-0.2, -0.15) is 0 Å². The third-order valence-electron chi connectivity index (χ3n) is 5.01. The number of hydrogen-bond donors (Lipinski definition) is 2. The minimum atomic E-state index is -0.189. The van der Waals surface area contributed by atoms with Gasteiger partial charge in [-0.15, -0.1) is 0 Å². The number of likely N-dealkylation sites (tertiary alicyclic amines) is 1.